The smallest absolute Gasteiger partial charge is 0.363 e. The molecule has 0 atom stereocenters. The fraction of sp³-hybridized carbons (Fsp3) is 0.0833. The van der Waals surface area contributed by atoms with Crippen LogP contribution in [-0.2, 0) is 14.3 Å². The van der Waals surface area contributed by atoms with Crippen LogP contribution in [0.3, 0.4) is 0 Å². The van der Waals surface area contributed by atoms with E-state index in [-0.39, 0.29) is 11.6 Å². The van der Waals surface area contributed by atoms with Crippen molar-refractivity contribution < 1.29 is 19.1 Å². The van der Waals surface area contributed by atoms with E-state index < -0.39 is 11.9 Å². The van der Waals surface area contributed by atoms with Gasteiger partial charge in [-0.1, -0.05) is 6.58 Å². The molecule has 86 valence electrons. The average Bonchev–Trinajstić information content (AvgIpc) is 2.69. The molecule has 0 unspecified atom stereocenters. The van der Waals surface area contributed by atoms with E-state index in [0.29, 0.717) is 11.1 Å². The molecule has 5 nitrogen and oxygen atoms in total. The second kappa shape index (κ2) is 4.21. The van der Waals surface area contributed by atoms with Crippen LogP contribution in [0.4, 0.5) is 0 Å². The number of aliphatic imine (C=N–C) groups is 1. The summed E-state index contributed by atoms with van der Waals surface area (Å²) >= 11 is 0. The first-order valence-corrected chi connectivity index (χ1v) is 4.80. The van der Waals surface area contributed by atoms with Crippen molar-refractivity contribution in [1.29, 1.82) is 0 Å². The lowest BCUT2D eigenvalue weighted by molar-refractivity contribution is -0.129. The van der Waals surface area contributed by atoms with Gasteiger partial charge in [-0.2, -0.15) is 0 Å². The molecule has 17 heavy (non-hydrogen) atoms. The van der Waals surface area contributed by atoms with Gasteiger partial charge in [0.2, 0.25) is 5.90 Å². The zero-order valence-corrected chi connectivity index (χ0v) is 9.10. The van der Waals surface area contributed by atoms with Crippen LogP contribution in [0.15, 0.2) is 41.5 Å². The van der Waals surface area contributed by atoms with Crippen molar-refractivity contribution in [2.45, 2.75) is 0 Å². The lowest BCUT2D eigenvalue weighted by atomic mass is 10.1. The molecule has 5 heteroatoms. The highest BCUT2D eigenvalue weighted by Crippen LogP contribution is 2.15. The topological polar surface area (TPSA) is 65.0 Å². The molecule has 1 aliphatic heterocycles. The predicted molar refractivity (Wildman–Crippen MR) is 59.6 cm³/mol. The van der Waals surface area contributed by atoms with Gasteiger partial charge in [-0.05, 0) is 24.3 Å². The van der Waals surface area contributed by atoms with Gasteiger partial charge >= 0.3 is 11.9 Å². The Bertz CT molecular complexity index is 528. The summed E-state index contributed by atoms with van der Waals surface area (Å²) in [5, 5.41) is 0. The van der Waals surface area contributed by atoms with Crippen LogP contribution in [-0.4, -0.2) is 24.9 Å². The SMILES string of the molecule is C=C1N=C(c2ccc(C(=O)OC)cc2)OC1=O. The highest BCUT2D eigenvalue weighted by Gasteiger charge is 2.22. The number of nitrogens with zero attached hydrogens (tertiary/aromatic N) is 1. The Morgan fingerprint density at radius 3 is 2.47 bits per heavy atom. The first-order valence-electron chi connectivity index (χ1n) is 4.80. The van der Waals surface area contributed by atoms with Gasteiger partial charge in [0, 0.05) is 5.56 Å². The first-order chi connectivity index (χ1) is 8.11. The van der Waals surface area contributed by atoms with Crippen LogP contribution in [0.2, 0.25) is 0 Å². The van der Waals surface area contributed by atoms with Gasteiger partial charge in [0.05, 0.1) is 12.7 Å². The number of esters is 2. The first kappa shape index (κ1) is 11.1. The van der Waals surface area contributed by atoms with Crippen LogP contribution in [0, 0.1) is 0 Å². The highest BCUT2D eigenvalue weighted by atomic mass is 16.6. The van der Waals surface area contributed by atoms with Gasteiger partial charge < -0.3 is 9.47 Å². The number of ether oxygens (including phenoxy) is 2. The number of carbonyl (C=O) groups excluding carboxylic acids is 2. The lowest BCUT2D eigenvalue weighted by Gasteiger charge is -2.01. The molecular formula is C12H9NO4. The number of methoxy groups -OCH3 is 1. The standard InChI is InChI=1S/C12H9NO4/c1-7-11(14)17-10(13-7)8-3-5-9(6-4-8)12(15)16-2/h3-6H,1H2,2H3. The number of cyclic esters (lactones) is 1. The Hall–Kier alpha value is -2.43. The number of hydrogen-bond acceptors (Lipinski definition) is 5. The van der Waals surface area contributed by atoms with E-state index in [4.69, 9.17) is 4.74 Å². The predicted octanol–water partition coefficient (Wildman–Crippen LogP) is 1.29. The number of carbonyl (C=O) groups is 2. The molecule has 0 spiro atoms. The molecule has 0 aliphatic carbocycles. The molecule has 1 aromatic rings. The largest absolute Gasteiger partial charge is 0.465 e. The number of benzene rings is 1. The van der Waals surface area contributed by atoms with Gasteiger partial charge in [-0.3, -0.25) is 0 Å². The zero-order valence-electron chi connectivity index (χ0n) is 9.10. The molecule has 0 radical (unpaired) electrons. The summed E-state index contributed by atoms with van der Waals surface area (Å²) in [5.41, 5.74) is 1.08. The van der Waals surface area contributed by atoms with E-state index >= 15 is 0 Å². The minimum absolute atomic E-state index is 0.0667. The third-order valence-corrected chi connectivity index (χ3v) is 2.21. The van der Waals surface area contributed by atoms with Gasteiger partial charge in [0.15, 0.2) is 0 Å². The van der Waals surface area contributed by atoms with E-state index in [1.807, 2.05) is 0 Å². The van der Waals surface area contributed by atoms with Crippen molar-refractivity contribution >= 4 is 17.8 Å². The van der Waals surface area contributed by atoms with E-state index in [2.05, 4.69) is 16.3 Å². The monoisotopic (exact) mass is 231 g/mol. The Morgan fingerprint density at radius 1 is 1.35 bits per heavy atom. The molecule has 1 aliphatic rings. The Morgan fingerprint density at radius 2 is 2.00 bits per heavy atom. The summed E-state index contributed by atoms with van der Waals surface area (Å²) in [6.07, 6.45) is 0. The van der Waals surface area contributed by atoms with Crippen molar-refractivity contribution in [3.05, 3.63) is 47.7 Å². The van der Waals surface area contributed by atoms with Crippen molar-refractivity contribution in [3.63, 3.8) is 0 Å². The summed E-state index contributed by atoms with van der Waals surface area (Å²) in [5.74, 6) is -0.792. The zero-order chi connectivity index (χ0) is 12.4. The molecule has 0 amide bonds. The van der Waals surface area contributed by atoms with Crippen molar-refractivity contribution in [1.82, 2.24) is 0 Å². The Balaban J connectivity index is 2.25. The van der Waals surface area contributed by atoms with Crippen molar-refractivity contribution in [2.24, 2.45) is 4.99 Å². The fourth-order valence-corrected chi connectivity index (χ4v) is 1.33. The van der Waals surface area contributed by atoms with Crippen LogP contribution in [0.5, 0.6) is 0 Å². The molecule has 0 bridgehead atoms. The summed E-state index contributed by atoms with van der Waals surface area (Å²) in [6, 6.07) is 6.38. The fourth-order valence-electron chi connectivity index (χ4n) is 1.33. The molecule has 1 aromatic carbocycles. The summed E-state index contributed by atoms with van der Waals surface area (Å²) < 4.78 is 9.45. The normalized spacial score (nSPS) is 14.3. The Labute approximate surface area is 97.4 Å². The molecule has 0 saturated carbocycles. The van der Waals surface area contributed by atoms with E-state index in [9.17, 15) is 9.59 Å². The van der Waals surface area contributed by atoms with Gasteiger partial charge in [-0.25, -0.2) is 14.6 Å². The number of rotatable bonds is 2. The molecule has 2 rings (SSSR count). The van der Waals surface area contributed by atoms with Crippen LogP contribution >= 0.6 is 0 Å². The van der Waals surface area contributed by atoms with E-state index in [1.54, 1.807) is 24.3 Å². The summed E-state index contributed by atoms with van der Waals surface area (Å²) in [6.45, 7) is 3.43. The maximum Gasteiger partial charge on any atom is 0.363 e. The quantitative estimate of drug-likeness (QED) is 0.568. The van der Waals surface area contributed by atoms with Gasteiger partial charge in [-0.15, -0.1) is 0 Å². The highest BCUT2D eigenvalue weighted by molar-refractivity contribution is 6.11. The molecule has 0 saturated heterocycles. The number of hydrogen-bond donors (Lipinski definition) is 0. The average molecular weight is 231 g/mol. The van der Waals surface area contributed by atoms with Gasteiger partial charge in [0.1, 0.15) is 5.70 Å². The second-order valence-corrected chi connectivity index (χ2v) is 3.32. The minimum Gasteiger partial charge on any atom is -0.465 e. The van der Waals surface area contributed by atoms with E-state index in [1.165, 1.54) is 7.11 Å². The summed E-state index contributed by atoms with van der Waals surface area (Å²) in [7, 11) is 1.31. The second-order valence-electron chi connectivity index (χ2n) is 3.32. The molecule has 0 fully saturated rings. The molecule has 1 heterocycles. The maximum absolute atomic E-state index is 11.2. The third kappa shape index (κ3) is 2.08. The summed E-state index contributed by atoms with van der Waals surface area (Å²) in [4.78, 5) is 26.1. The van der Waals surface area contributed by atoms with E-state index in [0.717, 1.165) is 0 Å². The van der Waals surface area contributed by atoms with Crippen LogP contribution in [0.1, 0.15) is 15.9 Å². The molecular weight excluding hydrogens is 222 g/mol. The van der Waals surface area contributed by atoms with Crippen molar-refractivity contribution in [2.75, 3.05) is 7.11 Å². The lowest BCUT2D eigenvalue weighted by Crippen LogP contribution is -2.06. The van der Waals surface area contributed by atoms with Crippen molar-refractivity contribution in [3.8, 4) is 0 Å². The maximum atomic E-state index is 11.2. The van der Waals surface area contributed by atoms with Crippen LogP contribution < -0.4 is 0 Å². The minimum atomic E-state index is -0.558. The molecule has 0 aromatic heterocycles. The third-order valence-electron chi connectivity index (χ3n) is 2.21. The van der Waals surface area contributed by atoms with Crippen LogP contribution in [0.25, 0.3) is 0 Å². The molecule has 0 N–H and O–H groups in total. The van der Waals surface area contributed by atoms with Gasteiger partial charge in [0.25, 0.3) is 0 Å². The Kier molecular flexibility index (Phi) is 2.74.